The third kappa shape index (κ3) is 9.74. The van der Waals surface area contributed by atoms with Crippen molar-refractivity contribution in [1.82, 2.24) is 10.6 Å². The third-order valence-electron chi connectivity index (χ3n) is 2.19. The van der Waals surface area contributed by atoms with Gasteiger partial charge in [0.25, 0.3) is 0 Å². The predicted molar refractivity (Wildman–Crippen MR) is 86.2 cm³/mol. The van der Waals surface area contributed by atoms with Crippen LogP contribution in [0.15, 0.2) is 0 Å². The van der Waals surface area contributed by atoms with Gasteiger partial charge in [0.15, 0.2) is 0 Å². The zero-order valence-corrected chi connectivity index (χ0v) is 14.5. The summed E-state index contributed by atoms with van der Waals surface area (Å²) in [5.74, 6) is -1.79. The van der Waals surface area contributed by atoms with E-state index < -0.39 is 35.7 Å². The Hall–Kier alpha value is -1.13. The maximum absolute atomic E-state index is 11.5. The second kappa shape index (κ2) is 9.80. The lowest BCUT2D eigenvalue weighted by molar-refractivity contribution is -0.139. The van der Waals surface area contributed by atoms with Gasteiger partial charge in [-0.2, -0.15) is 0 Å². The topological polar surface area (TPSA) is 125 Å². The number of hydrogen-bond donors (Lipinski definition) is 4. The van der Waals surface area contributed by atoms with Gasteiger partial charge >= 0.3 is 18.0 Å². The summed E-state index contributed by atoms with van der Waals surface area (Å²) in [6.45, 7) is 5.03. The van der Waals surface area contributed by atoms with E-state index in [4.69, 9.17) is 14.9 Å². The number of nitrogens with one attached hydrogen (secondary N) is 2. The average molecular weight is 354 g/mol. The summed E-state index contributed by atoms with van der Waals surface area (Å²) in [4.78, 5) is 33.4. The fourth-order valence-electron chi connectivity index (χ4n) is 1.13. The Kier molecular flexibility index (Phi) is 9.30. The van der Waals surface area contributed by atoms with Gasteiger partial charge in [0.2, 0.25) is 0 Å². The van der Waals surface area contributed by atoms with Gasteiger partial charge in [0.1, 0.15) is 17.7 Å². The van der Waals surface area contributed by atoms with Crippen LogP contribution in [-0.2, 0) is 14.3 Å². The lowest BCUT2D eigenvalue weighted by Crippen LogP contribution is -2.44. The highest BCUT2D eigenvalue weighted by molar-refractivity contribution is 8.76. The van der Waals surface area contributed by atoms with Gasteiger partial charge in [-0.3, -0.25) is 4.79 Å². The molecule has 0 aromatic carbocycles. The molecule has 0 radical (unpaired) electrons. The number of alkyl carbamates (subject to hydrolysis) is 1. The molecule has 4 N–H and O–H groups in total. The van der Waals surface area contributed by atoms with Crippen molar-refractivity contribution < 1.29 is 29.3 Å². The van der Waals surface area contributed by atoms with Crippen LogP contribution >= 0.6 is 21.6 Å². The van der Waals surface area contributed by atoms with Gasteiger partial charge in [0.05, 0.1) is 0 Å². The number of likely N-dealkylation sites (N-methyl/N-ethyl adjacent to an activating group) is 1. The molecule has 0 aromatic heterocycles. The van der Waals surface area contributed by atoms with Gasteiger partial charge in [0, 0.05) is 11.5 Å². The normalized spacial score (nSPS) is 14.0. The standard InChI is InChI=1S/C12H22N2O6S2/c1-12(2,3)20-11(19)14-8(10(17)18)6-22-21-5-7(13-4)9(15)16/h7-8,13H,5-6H2,1-4H3,(H,14,19)(H,15,16)(H,17,18)/t7-,8-/m0/s1. The minimum atomic E-state index is -1.18. The summed E-state index contributed by atoms with van der Waals surface area (Å²) in [5.41, 5.74) is -0.712. The van der Waals surface area contributed by atoms with Gasteiger partial charge < -0.3 is 25.6 Å². The van der Waals surface area contributed by atoms with Crippen LogP contribution in [0, 0.1) is 0 Å². The van der Waals surface area contributed by atoms with E-state index >= 15 is 0 Å². The molecule has 0 fully saturated rings. The van der Waals surface area contributed by atoms with Crippen LogP contribution in [0.1, 0.15) is 20.8 Å². The van der Waals surface area contributed by atoms with Gasteiger partial charge in [-0.25, -0.2) is 9.59 Å². The van der Waals surface area contributed by atoms with Crippen LogP contribution in [0.3, 0.4) is 0 Å². The van der Waals surface area contributed by atoms with Crippen LogP contribution in [0.2, 0.25) is 0 Å². The van der Waals surface area contributed by atoms with Crippen molar-refractivity contribution in [2.75, 3.05) is 18.6 Å². The molecule has 0 bridgehead atoms. The first kappa shape index (κ1) is 20.9. The minimum Gasteiger partial charge on any atom is -0.480 e. The van der Waals surface area contributed by atoms with Crippen molar-refractivity contribution in [2.24, 2.45) is 0 Å². The lowest BCUT2D eigenvalue weighted by Gasteiger charge is -2.21. The zero-order valence-electron chi connectivity index (χ0n) is 12.9. The first-order valence-corrected chi connectivity index (χ1v) is 8.92. The molecule has 22 heavy (non-hydrogen) atoms. The maximum Gasteiger partial charge on any atom is 0.408 e. The molecule has 0 aliphatic carbocycles. The molecule has 8 nitrogen and oxygen atoms in total. The maximum atomic E-state index is 11.5. The summed E-state index contributed by atoms with van der Waals surface area (Å²) in [7, 11) is 3.93. The molecule has 0 saturated heterocycles. The highest BCUT2D eigenvalue weighted by Gasteiger charge is 2.24. The number of aliphatic carboxylic acids is 2. The summed E-state index contributed by atoms with van der Waals surface area (Å²) in [5, 5.41) is 22.8. The van der Waals surface area contributed by atoms with E-state index in [0.717, 1.165) is 0 Å². The van der Waals surface area contributed by atoms with Gasteiger partial charge in [-0.15, -0.1) is 0 Å². The Balaban J connectivity index is 4.24. The number of ether oxygens (including phenoxy) is 1. The van der Waals surface area contributed by atoms with E-state index in [1.807, 2.05) is 0 Å². The smallest absolute Gasteiger partial charge is 0.408 e. The monoisotopic (exact) mass is 354 g/mol. The number of carbonyl (C=O) groups is 3. The molecule has 0 aliphatic rings. The zero-order chi connectivity index (χ0) is 17.3. The van der Waals surface area contributed by atoms with Crippen molar-refractivity contribution in [1.29, 1.82) is 0 Å². The van der Waals surface area contributed by atoms with E-state index in [2.05, 4.69) is 10.6 Å². The molecule has 0 rings (SSSR count). The van der Waals surface area contributed by atoms with Crippen LogP contribution in [0.5, 0.6) is 0 Å². The van der Waals surface area contributed by atoms with E-state index in [1.54, 1.807) is 20.8 Å². The van der Waals surface area contributed by atoms with Crippen LogP contribution in [0.4, 0.5) is 4.79 Å². The second-order valence-electron chi connectivity index (χ2n) is 5.29. The molecule has 0 aliphatic heterocycles. The highest BCUT2D eigenvalue weighted by atomic mass is 33.1. The average Bonchev–Trinajstić information content (AvgIpc) is 2.34. The molecule has 0 saturated carbocycles. The Morgan fingerprint density at radius 1 is 1.05 bits per heavy atom. The number of carboxylic acids is 2. The Labute approximate surface area is 137 Å². The molecule has 128 valence electrons. The molecule has 1 amide bonds. The second-order valence-corrected chi connectivity index (χ2v) is 7.84. The van der Waals surface area contributed by atoms with Gasteiger partial charge in [-0.05, 0) is 27.8 Å². The Bertz CT molecular complexity index is 400. The Morgan fingerprint density at radius 3 is 1.86 bits per heavy atom. The number of amides is 1. The quantitative estimate of drug-likeness (QED) is 0.355. The number of hydrogen-bond acceptors (Lipinski definition) is 7. The molecule has 0 unspecified atom stereocenters. The Morgan fingerprint density at radius 2 is 1.50 bits per heavy atom. The summed E-state index contributed by atoms with van der Waals surface area (Å²) in [6.07, 6.45) is -0.802. The predicted octanol–water partition coefficient (Wildman–Crippen LogP) is 1.02. The molecule has 0 aromatic rings. The lowest BCUT2D eigenvalue weighted by atomic mass is 10.2. The summed E-state index contributed by atoms with van der Waals surface area (Å²) in [6, 6.07) is -1.81. The summed E-state index contributed by atoms with van der Waals surface area (Å²) < 4.78 is 4.99. The van der Waals surface area contributed by atoms with Crippen molar-refractivity contribution in [2.45, 2.75) is 38.5 Å². The first-order valence-electron chi connectivity index (χ1n) is 6.43. The summed E-state index contributed by atoms with van der Waals surface area (Å²) >= 11 is 0. The molecular formula is C12H22N2O6S2. The van der Waals surface area contributed by atoms with Gasteiger partial charge in [-0.1, -0.05) is 21.6 Å². The molecule has 0 spiro atoms. The number of carboxylic acid groups (broad SMARTS) is 2. The van der Waals surface area contributed by atoms with E-state index in [1.165, 1.54) is 28.6 Å². The van der Waals surface area contributed by atoms with E-state index in [0.29, 0.717) is 0 Å². The number of carbonyl (C=O) groups excluding carboxylic acids is 1. The fraction of sp³-hybridized carbons (Fsp3) is 0.750. The van der Waals surface area contributed by atoms with Crippen molar-refractivity contribution in [3.63, 3.8) is 0 Å². The fourth-order valence-corrected chi connectivity index (χ4v) is 3.53. The van der Waals surface area contributed by atoms with E-state index in [-0.39, 0.29) is 11.5 Å². The van der Waals surface area contributed by atoms with Crippen molar-refractivity contribution in [3.05, 3.63) is 0 Å². The largest absolute Gasteiger partial charge is 0.480 e. The molecule has 10 heteroatoms. The van der Waals surface area contributed by atoms with Crippen LogP contribution in [-0.4, -0.2) is 64.5 Å². The number of rotatable bonds is 9. The SMILES string of the molecule is CN[C@@H](CSSC[C@H](NC(=O)OC(C)(C)C)C(=O)O)C(=O)O. The third-order valence-corrected chi connectivity index (χ3v) is 4.61. The molecule has 2 atom stereocenters. The van der Waals surface area contributed by atoms with Crippen LogP contribution < -0.4 is 10.6 Å². The first-order chi connectivity index (χ1) is 10.1. The van der Waals surface area contributed by atoms with Crippen molar-refractivity contribution in [3.8, 4) is 0 Å². The highest BCUT2D eigenvalue weighted by Crippen LogP contribution is 2.23. The van der Waals surface area contributed by atoms with Crippen LogP contribution in [0.25, 0.3) is 0 Å². The molecule has 0 heterocycles. The van der Waals surface area contributed by atoms with Crippen molar-refractivity contribution >= 4 is 39.6 Å². The minimum absolute atomic E-state index is 0.0926. The molecular weight excluding hydrogens is 332 g/mol. The van der Waals surface area contributed by atoms with E-state index in [9.17, 15) is 14.4 Å².